The van der Waals surface area contributed by atoms with Crippen molar-refractivity contribution in [3.8, 4) is 15.3 Å². The quantitative estimate of drug-likeness (QED) is 0.368. The summed E-state index contributed by atoms with van der Waals surface area (Å²) in [7, 11) is 0.000115. The van der Waals surface area contributed by atoms with Crippen molar-refractivity contribution in [2.24, 2.45) is 0 Å². The summed E-state index contributed by atoms with van der Waals surface area (Å²) in [6.45, 7) is 2.14. The van der Waals surface area contributed by atoms with Crippen LogP contribution in [0.3, 0.4) is 0 Å². The molecule has 0 saturated carbocycles. The third-order valence-corrected chi connectivity index (χ3v) is 6.31. The Morgan fingerprint density at radius 1 is 0.682 bits per heavy atom. The fourth-order valence-electron chi connectivity index (χ4n) is 2.83. The lowest BCUT2D eigenvalue weighted by Gasteiger charge is -1.99. The lowest BCUT2D eigenvalue weighted by molar-refractivity contribution is 1.48. The standard InChI is InChI=1S/C21H17S/c1-16-11-13-17(14-12-16)21-15-18-7-5-6-10-20(18)22(21)19-8-3-2-4-9-19/h2-15H,1H3/q+1. The van der Waals surface area contributed by atoms with Gasteiger partial charge in [0, 0.05) is 27.5 Å². The first-order valence-electron chi connectivity index (χ1n) is 7.50. The SMILES string of the molecule is Cc1ccc(-c2cc3ccccc3[s+]2-c2ccccc2)cc1. The topological polar surface area (TPSA) is 0 Å². The molecule has 106 valence electrons. The van der Waals surface area contributed by atoms with Crippen molar-refractivity contribution in [2.45, 2.75) is 6.92 Å². The fraction of sp³-hybridized carbons (Fsp3) is 0.0476. The van der Waals surface area contributed by atoms with Crippen LogP contribution in [0.5, 0.6) is 0 Å². The largest absolute Gasteiger partial charge is 0.187 e. The molecule has 4 aromatic rings. The summed E-state index contributed by atoms with van der Waals surface area (Å²) >= 11 is 0. The molecule has 0 amide bonds. The molecule has 1 unspecified atom stereocenters. The number of hydrogen-bond acceptors (Lipinski definition) is 0. The maximum atomic E-state index is 2.36. The second kappa shape index (κ2) is 5.43. The summed E-state index contributed by atoms with van der Waals surface area (Å²) in [5, 5.41) is 1.35. The average Bonchev–Trinajstić information content (AvgIpc) is 2.96. The Hall–Kier alpha value is -2.38. The van der Waals surface area contributed by atoms with Crippen LogP contribution in [0, 0.1) is 6.92 Å². The van der Waals surface area contributed by atoms with Gasteiger partial charge in [-0.1, -0.05) is 48.0 Å². The van der Waals surface area contributed by atoms with Crippen LogP contribution in [-0.4, -0.2) is 0 Å². The van der Waals surface area contributed by atoms with Gasteiger partial charge in [0.15, 0.2) is 14.5 Å². The predicted octanol–water partition coefficient (Wildman–Crippen LogP) is 6.55. The highest BCUT2D eigenvalue weighted by atomic mass is 32.2. The number of aryl methyl sites for hydroxylation is 1. The van der Waals surface area contributed by atoms with Crippen molar-refractivity contribution in [3.63, 3.8) is 0 Å². The van der Waals surface area contributed by atoms with E-state index in [1.165, 1.54) is 31.0 Å². The Bertz CT molecular complexity index is 915. The van der Waals surface area contributed by atoms with Crippen LogP contribution in [0.2, 0.25) is 0 Å². The van der Waals surface area contributed by atoms with E-state index in [9.17, 15) is 0 Å². The lowest BCUT2D eigenvalue weighted by atomic mass is 10.1. The summed E-state index contributed by atoms with van der Waals surface area (Å²) in [6.07, 6.45) is 0. The van der Waals surface area contributed by atoms with Crippen LogP contribution in [0.4, 0.5) is 0 Å². The highest BCUT2D eigenvalue weighted by Crippen LogP contribution is 2.48. The molecule has 3 aromatic carbocycles. The molecule has 0 fully saturated rings. The normalized spacial score (nSPS) is 11.8. The van der Waals surface area contributed by atoms with Crippen LogP contribution in [-0.2, 0) is 0 Å². The first-order chi connectivity index (χ1) is 10.8. The van der Waals surface area contributed by atoms with Gasteiger partial charge in [0.1, 0.15) is 0 Å². The predicted molar refractivity (Wildman–Crippen MR) is 97.9 cm³/mol. The van der Waals surface area contributed by atoms with Crippen LogP contribution in [0.25, 0.3) is 25.4 Å². The molecule has 0 aliphatic heterocycles. The first-order valence-corrected chi connectivity index (χ1v) is 8.72. The van der Waals surface area contributed by atoms with Crippen LogP contribution in [0.15, 0.2) is 84.9 Å². The molecule has 1 aromatic heterocycles. The van der Waals surface area contributed by atoms with E-state index in [2.05, 4.69) is 91.9 Å². The Labute approximate surface area is 133 Å². The number of hydrogen-bond donors (Lipinski definition) is 0. The van der Waals surface area contributed by atoms with E-state index in [4.69, 9.17) is 0 Å². The zero-order valence-electron chi connectivity index (χ0n) is 12.5. The zero-order chi connectivity index (χ0) is 14.9. The van der Waals surface area contributed by atoms with Gasteiger partial charge in [-0.2, -0.15) is 0 Å². The van der Waals surface area contributed by atoms with Gasteiger partial charge in [-0.05, 0) is 43.3 Å². The molecule has 0 spiro atoms. The Morgan fingerprint density at radius 2 is 1.36 bits per heavy atom. The van der Waals surface area contributed by atoms with Gasteiger partial charge in [-0.15, -0.1) is 0 Å². The third-order valence-electron chi connectivity index (χ3n) is 3.96. The van der Waals surface area contributed by atoms with E-state index in [1.54, 1.807) is 0 Å². The lowest BCUT2D eigenvalue weighted by Crippen LogP contribution is -1.77. The highest BCUT2D eigenvalue weighted by molar-refractivity contribution is 7.47. The van der Waals surface area contributed by atoms with E-state index in [0.29, 0.717) is 0 Å². The van der Waals surface area contributed by atoms with Crippen molar-refractivity contribution in [3.05, 3.63) is 90.5 Å². The molecule has 22 heavy (non-hydrogen) atoms. The Morgan fingerprint density at radius 3 is 2.14 bits per heavy atom. The fourth-order valence-corrected chi connectivity index (χ4v) is 5.20. The van der Waals surface area contributed by atoms with Gasteiger partial charge >= 0.3 is 0 Å². The number of thiophene rings is 1. The molecule has 0 radical (unpaired) electrons. The molecule has 0 aliphatic carbocycles. The molecule has 1 heteroatoms. The van der Waals surface area contributed by atoms with Gasteiger partial charge in [-0.25, -0.2) is 0 Å². The Kier molecular flexibility index (Phi) is 3.28. The van der Waals surface area contributed by atoms with E-state index in [0.717, 1.165) is 0 Å². The maximum absolute atomic E-state index is 2.36. The van der Waals surface area contributed by atoms with Crippen LogP contribution < -0.4 is 0 Å². The van der Waals surface area contributed by atoms with Gasteiger partial charge in [0.05, 0.1) is 0 Å². The minimum atomic E-state index is 0.000115. The van der Waals surface area contributed by atoms with Gasteiger partial charge in [0.25, 0.3) is 0 Å². The summed E-state index contributed by atoms with van der Waals surface area (Å²) in [6, 6.07) is 30.9. The number of fused-ring (bicyclic) bond motifs is 1. The van der Waals surface area contributed by atoms with Crippen molar-refractivity contribution in [1.82, 2.24) is 0 Å². The minimum Gasteiger partial charge on any atom is -0.0619 e. The molecule has 1 heterocycles. The first kappa shape index (κ1) is 13.3. The number of benzene rings is 3. The summed E-state index contributed by atoms with van der Waals surface area (Å²) in [5.74, 6) is 0. The molecule has 0 saturated heterocycles. The van der Waals surface area contributed by atoms with Crippen LogP contribution in [0.1, 0.15) is 5.56 Å². The molecular weight excluding hydrogens is 284 g/mol. The van der Waals surface area contributed by atoms with E-state index in [-0.39, 0.29) is 10.5 Å². The average molecular weight is 301 g/mol. The monoisotopic (exact) mass is 301 g/mol. The molecule has 0 bridgehead atoms. The number of rotatable bonds is 2. The second-order valence-electron chi connectivity index (χ2n) is 5.53. The van der Waals surface area contributed by atoms with E-state index in [1.807, 2.05) is 0 Å². The molecule has 0 nitrogen and oxygen atoms in total. The second-order valence-corrected chi connectivity index (χ2v) is 7.50. The maximum Gasteiger partial charge on any atom is 0.187 e. The molecule has 1 atom stereocenters. The van der Waals surface area contributed by atoms with E-state index >= 15 is 0 Å². The molecule has 0 aliphatic rings. The zero-order valence-corrected chi connectivity index (χ0v) is 13.3. The van der Waals surface area contributed by atoms with Crippen molar-refractivity contribution in [1.29, 1.82) is 0 Å². The van der Waals surface area contributed by atoms with Crippen molar-refractivity contribution >= 4 is 20.6 Å². The summed E-state index contributed by atoms with van der Waals surface area (Å²) < 4.78 is 1.43. The molecular formula is C21H17S+. The minimum absolute atomic E-state index is 0.000115. The van der Waals surface area contributed by atoms with Gasteiger partial charge in [0.2, 0.25) is 0 Å². The van der Waals surface area contributed by atoms with Crippen molar-refractivity contribution in [2.75, 3.05) is 0 Å². The van der Waals surface area contributed by atoms with E-state index < -0.39 is 0 Å². The smallest absolute Gasteiger partial charge is 0.0619 e. The molecule has 4 rings (SSSR count). The highest BCUT2D eigenvalue weighted by Gasteiger charge is 2.23. The van der Waals surface area contributed by atoms with Crippen LogP contribution >= 0.6 is 10.5 Å². The Balaban J connectivity index is 2.04. The van der Waals surface area contributed by atoms with Gasteiger partial charge < -0.3 is 0 Å². The van der Waals surface area contributed by atoms with Gasteiger partial charge in [-0.3, -0.25) is 0 Å². The summed E-state index contributed by atoms with van der Waals surface area (Å²) in [5.41, 5.74) is 2.63. The summed E-state index contributed by atoms with van der Waals surface area (Å²) in [4.78, 5) is 2.81. The third kappa shape index (κ3) is 2.24. The molecule has 0 N–H and O–H groups in total. The van der Waals surface area contributed by atoms with Crippen molar-refractivity contribution < 1.29 is 0 Å².